The molecule has 0 aromatic carbocycles. The fourth-order valence-electron chi connectivity index (χ4n) is 2.29. The van der Waals surface area contributed by atoms with E-state index in [0.29, 0.717) is 12.3 Å². The van der Waals surface area contributed by atoms with Gasteiger partial charge >= 0.3 is 0 Å². The third-order valence-electron chi connectivity index (χ3n) is 3.31. The van der Waals surface area contributed by atoms with Gasteiger partial charge in [0.15, 0.2) is 0 Å². The quantitative estimate of drug-likeness (QED) is 0.842. The number of piperidine rings is 1. The van der Waals surface area contributed by atoms with Gasteiger partial charge in [0.1, 0.15) is 5.82 Å². The molecule has 1 N–H and O–H groups in total. The highest BCUT2D eigenvalue weighted by Crippen LogP contribution is 2.20. The number of aromatic amines is 1. The Morgan fingerprint density at radius 1 is 1.56 bits per heavy atom. The van der Waals surface area contributed by atoms with Gasteiger partial charge in [0.05, 0.1) is 0 Å². The van der Waals surface area contributed by atoms with Gasteiger partial charge in [-0.25, -0.2) is 4.98 Å². The van der Waals surface area contributed by atoms with E-state index in [4.69, 9.17) is 0 Å². The number of carbonyl (C=O) groups is 1. The molecule has 1 fully saturated rings. The van der Waals surface area contributed by atoms with Crippen LogP contribution < -0.4 is 0 Å². The highest BCUT2D eigenvalue weighted by atomic mass is 16.2. The summed E-state index contributed by atoms with van der Waals surface area (Å²) in [4.78, 5) is 20.9. The van der Waals surface area contributed by atoms with Gasteiger partial charge < -0.3 is 9.88 Å². The zero-order valence-electron chi connectivity index (χ0n) is 9.78. The summed E-state index contributed by atoms with van der Waals surface area (Å²) in [5, 5.41) is 0. The van der Waals surface area contributed by atoms with Crippen molar-refractivity contribution in [2.24, 2.45) is 5.92 Å². The summed E-state index contributed by atoms with van der Waals surface area (Å²) in [5.41, 5.74) is 0. The normalized spacial score (nSPS) is 17.7. The summed E-state index contributed by atoms with van der Waals surface area (Å²) in [7, 11) is 0. The highest BCUT2D eigenvalue weighted by Gasteiger charge is 2.22. The molecule has 1 aliphatic heterocycles. The van der Waals surface area contributed by atoms with Crippen LogP contribution in [0.2, 0.25) is 0 Å². The minimum Gasteiger partial charge on any atom is -0.349 e. The van der Waals surface area contributed by atoms with E-state index >= 15 is 0 Å². The molecule has 1 aliphatic rings. The molecule has 0 saturated carbocycles. The molecule has 0 radical (unpaired) electrons. The molecule has 16 heavy (non-hydrogen) atoms. The first kappa shape index (κ1) is 11.2. The Bertz CT molecular complexity index is 326. The van der Waals surface area contributed by atoms with Crippen LogP contribution in [-0.2, 0) is 11.2 Å². The average Bonchev–Trinajstić information content (AvgIpc) is 2.82. The Hall–Kier alpha value is -1.32. The fourth-order valence-corrected chi connectivity index (χ4v) is 2.29. The van der Waals surface area contributed by atoms with E-state index in [2.05, 4.69) is 9.97 Å². The average molecular weight is 221 g/mol. The van der Waals surface area contributed by atoms with Crippen LogP contribution >= 0.6 is 0 Å². The molecule has 88 valence electrons. The van der Waals surface area contributed by atoms with E-state index in [1.165, 1.54) is 0 Å². The number of amides is 1. The lowest BCUT2D eigenvalue weighted by atomic mass is 9.93. The molecule has 0 spiro atoms. The van der Waals surface area contributed by atoms with Crippen LogP contribution in [0.3, 0.4) is 0 Å². The van der Waals surface area contributed by atoms with Crippen molar-refractivity contribution in [1.29, 1.82) is 0 Å². The lowest BCUT2D eigenvalue weighted by Crippen LogP contribution is -2.38. The first-order valence-electron chi connectivity index (χ1n) is 6.05. The molecule has 1 aromatic rings. The van der Waals surface area contributed by atoms with Crippen molar-refractivity contribution in [2.75, 3.05) is 13.1 Å². The minimum atomic E-state index is 0.288. The third-order valence-corrected chi connectivity index (χ3v) is 3.31. The Labute approximate surface area is 96.1 Å². The van der Waals surface area contributed by atoms with Crippen molar-refractivity contribution in [1.82, 2.24) is 14.9 Å². The molecule has 1 amide bonds. The lowest BCUT2D eigenvalue weighted by molar-refractivity contribution is -0.132. The van der Waals surface area contributed by atoms with E-state index in [-0.39, 0.29) is 5.91 Å². The van der Waals surface area contributed by atoms with Crippen LogP contribution in [0.25, 0.3) is 0 Å². The summed E-state index contributed by atoms with van der Waals surface area (Å²) >= 11 is 0. The molecule has 1 aromatic heterocycles. The van der Waals surface area contributed by atoms with Crippen LogP contribution in [0.5, 0.6) is 0 Å². The molecule has 4 heteroatoms. The van der Waals surface area contributed by atoms with Crippen LogP contribution in [0.15, 0.2) is 12.4 Å². The van der Waals surface area contributed by atoms with E-state index < -0.39 is 0 Å². The van der Waals surface area contributed by atoms with Crippen LogP contribution in [0.1, 0.15) is 32.0 Å². The number of rotatable bonds is 3. The molecule has 0 unspecified atom stereocenters. The second-order valence-electron chi connectivity index (χ2n) is 4.42. The van der Waals surface area contributed by atoms with Gasteiger partial charge in [-0.15, -0.1) is 0 Å². The monoisotopic (exact) mass is 221 g/mol. The van der Waals surface area contributed by atoms with Gasteiger partial charge in [-0.3, -0.25) is 4.79 Å². The maximum Gasteiger partial charge on any atom is 0.222 e. The molecular formula is C12H19N3O. The van der Waals surface area contributed by atoms with Crippen molar-refractivity contribution < 1.29 is 4.79 Å². The summed E-state index contributed by atoms with van der Waals surface area (Å²) in [6.07, 6.45) is 7.51. The number of nitrogens with zero attached hydrogens (tertiary/aromatic N) is 2. The predicted molar refractivity (Wildman–Crippen MR) is 61.9 cm³/mol. The number of carbonyl (C=O) groups excluding carboxylic acids is 1. The molecular weight excluding hydrogens is 202 g/mol. The first-order valence-corrected chi connectivity index (χ1v) is 6.05. The van der Waals surface area contributed by atoms with Gasteiger partial charge in [-0.2, -0.15) is 0 Å². The fraction of sp³-hybridized carbons (Fsp3) is 0.667. The number of H-pyrrole nitrogens is 1. The summed E-state index contributed by atoms with van der Waals surface area (Å²) < 4.78 is 0. The van der Waals surface area contributed by atoms with Crippen LogP contribution in [-0.4, -0.2) is 33.9 Å². The zero-order chi connectivity index (χ0) is 11.4. The number of likely N-dealkylation sites (tertiary alicyclic amines) is 1. The molecule has 4 nitrogen and oxygen atoms in total. The van der Waals surface area contributed by atoms with E-state index in [1.807, 2.05) is 18.0 Å². The van der Waals surface area contributed by atoms with Crippen molar-refractivity contribution in [3.8, 4) is 0 Å². The summed E-state index contributed by atoms with van der Waals surface area (Å²) in [5.74, 6) is 2.03. The Morgan fingerprint density at radius 2 is 2.31 bits per heavy atom. The van der Waals surface area contributed by atoms with Crippen molar-refractivity contribution in [3.63, 3.8) is 0 Å². The van der Waals surface area contributed by atoms with E-state index in [1.54, 1.807) is 6.20 Å². The van der Waals surface area contributed by atoms with Crippen molar-refractivity contribution in [3.05, 3.63) is 18.2 Å². The van der Waals surface area contributed by atoms with Crippen LogP contribution in [0.4, 0.5) is 0 Å². The Balaban J connectivity index is 1.79. The van der Waals surface area contributed by atoms with Crippen LogP contribution in [0, 0.1) is 5.92 Å². The molecule has 0 atom stereocenters. The standard InChI is InChI=1S/C12H19N3O/c1-2-12(16)15-7-3-10(4-8-15)9-11-13-5-6-14-11/h5-6,10H,2-4,7-9H2,1H3,(H,13,14). The maximum absolute atomic E-state index is 11.5. The highest BCUT2D eigenvalue weighted by molar-refractivity contribution is 5.75. The number of hydrogen-bond acceptors (Lipinski definition) is 2. The number of nitrogens with one attached hydrogen (secondary N) is 1. The minimum absolute atomic E-state index is 0.288. The zero-order valence-corrected chi connectivity index (χ0v) is 9.78. The molecule has 0 bridgehead atoms. The molecule has 0 aliphatic carbocycles. The Morgan fingerprint density at radius 3 is 2.88 bits per heavy atom. The van der Waals surface area contributed by atoms with Gasteiger partial charge in [0.25, 0.3) is 0 Å². The molecule has 2 heterocycles. The van der Waals surface area contributed by atoms with E-state index in [0.717, 1.165) is 38.2 Å². The van der Waals surface area contributed by atoms with Crippen molar-refractivity contribution in [2.45, 2.75) is 32.6 Å². The first-order chi connectivity index (χ1) is 7.79. The van der Waals surface area contributed by atoms with E-state index in [9.17, 15) is 4.79 Å². The molecule has 2 rings (SSSR count). The largest absolute Gasteiger partial charge is 0.349 e. The summed E-state index contributed by atoms with van der Waals surface area (Å²) in [6, 6.07) is 0. The van der Waals surface area contributed by atoms with Gasteiger partial charge in [-0.05, 0) is 18.8 Å². The van der Waals surface area contributed by atoms with Gasteiger partial charge in [-0.1, -0.05) is 6.92 Å². The second kappa shape index (κ2) is 5.14. The third kappa shape index (κ3) is 2.62. The van der Waals surface area contributed by atoms with Crippen molar-refractivity contribution >= 4 is 5.91 Å². The second-order valence-corrected chi connectivity index (χ2v) is 4.42. The maximum atomic E-state index is 11.5. The smallest absolute Gasteiger partial charge is 0.222 e. The lowest BCUT2D eigenvalue weighted by Gasteiger charge is -2.31. The SMILES string of the molecule is CCC(=O)N1CCC(Cc2ncc[nH]2)CC1. The predicted octanol–water partition coefficient (Wildman–Crippen LogP) is 1.60. The number of aromatic nitrogens is 2. The van der Waals surface area contributed by atoms with Gasteiger partial charge in [0, 0.05) is 38.3 Å². The topological polar surface area (TPSA) is 49.0 Å². The molecule has 1 saturated heterocycles. The van der Waals surface area contributed by atoms with Gasteiger partial charge in [0.2, 0.25) is 5.91 Å². The Kier molecular flexibility index (Phi) is 3.59. The number of hydrogen-bond donors (Lipinski definition) is 1. The number of imidazole rings is 1. The summed E-state index contributed by atoms with van der Waals surface area (Å²) in [6.45, 7) is 3.76.